The predicted molar refractivity (Wildman–Crippen MR) is 67.2 cm³/mol. The summed E-state index contributed by atoms with van der Waals surface area (Å²) < 4.78 is 0. The molecule has 2 heterocycles. The highest BCUT2D eigenvalue weighted by molar-refractivity contribution is 7.12. The minimum atomic E-state index is -0.238. The van der Waals surface area contributed by atoms with Gasteiger partial charge in [0.1, 0.15) is 11.5 Å². The fourth-order valence-corrected chi connectivity index (χ4v) is 2.43. The van der Waals surface area contributed by atoms with E-state index < -0.39 is 0 Å². The van der Waals surface area contributed by atoms with Crippen LogP contribution in [0, 0.1) is 11.8 Å². The molecular weight excluding hydrogens is 252 g/mol. The van der Waals surface area contributed by atoms with Crippen molar-refractivity contribution >= 4 is 23.2 Å². The number of nitrogens with one attached hydrogen (secondary N) is 2. The largest absolute Gasteiger partial charge is 0.384 e. The van der Waals surface area contributed by atoms with Gasteiger partial charge in [0.25, 0.3) is 5.91 Å². The van der Waals surface area contributed by atoms with Crippen molar-refractivity contribution in [3.05, 3.63) is 21.9 Å². The van der Waals surface area contributed by atoms with E-state index in [0.29, 0.717) is 23.4 Å². The van der Waals surface area contributed by atoms with Gasteiger partial charge in [0.15, 0.2) is 0 Å². The maximum Gasteiger partial charge on any atom is 0.262 e. The minimum absolute atomic E-state index is 0.0493. The quantitative estimate of drug-likeness (QED) is 0.642. The van der Waals surface area contributed by atoms with Crippen molar-refractivity contribution in [1.82, 2.24) is 10.6 Å². The molecule has 18 heavy (non-hydrogen) atoms. The molecule has 1 aromatic rings. The molecule has 0 saturated carbocycles. The van der Waals surface area contributed by atoms with Crippen molar-refractivity contribution in [2.24, 2.45) is 0 Å². The molecule has 94 valence electrons. The topological polar surface area (TPSA) is 78.4 Å². The van der Waals surface area contributed by atoms with Gasteiger partial charge in [-0.05, 0) is 11.4 Å². The van der Waals surface area contributed by atoms with Gasteiger partial charge >= 0.3 is 0 Å². The lowest BCUT2D eigenvalue weighted by Gasteiger charge is -2.09. The first-order valence-electron chi connectivity index (χ1n) is 5.45. The molecule has 0 spiro atoms. The van der Waals surface area contributed by atoms with Crippen LogP contribution in [0.5, 0.6) is 0 Å². The fraction of sp³-hybridized carbons (Fsp3) is 0.333. The number of carbonyl (C=O) groups excluding carboxylic acids is 2. The Morgan fingerprint density at radius 2 is 2.50 bits per heavy atom. The second-order valence-corrected chi connectivity index (χ2v) is 4.72. The molecule has 5 nitrogen and oxygen atoms in total. The number of aliphatic hydroxyl groups excluding tert-OH is 1. The van der Waals surface area contributed by atoms with Crippen LogP contribution in [0.25, 0.3) is 0 Å². The van der Waals surface area contributed by atoms with E-state index in [2.05, 4.69) is 22.5 Å². The van der Waals surface area contributed by atoms with Crippen molar-refractivity contribution in [2.45, 2.75) is 12.5 Å². The SMILES string of the molecule is O=C1CC(NC(=O)c2sccc2C#CCO)CN1. The van der Waals surface area contributed by atoms with Crippen molar-refractivity contribution < 1.29 is 14.7 Å². The highest BCUT2D eigenvalue weighted by atomic mass is 32.1. The van der Waals surface area contributed by atoms with Crippen LogP contribution in [0.15, 0.2) is 11.4 Å². The molecule has 2 amide bonds. The molecule has 0 radical (unpaired) electrons. The molecular formula is C12H12N2O3S. The van der Waals surface area contributed by atoms with Gasteiger partial charge in [-0.25, -0.2) is 0 Å². The molecule has 0 aliphatic carbocycles. The van der Waals surface area contributed by atoms with Gasteiger partial charge in [0.2, 0.25) is 5.91 Å². The number of hydrogen-bond acceptors (Lipinski definition) is 4. The summed E-state index contributed by atoms with van der Waals surface area (Å²) in [6.07, 6.45) is 0.314. The smallest absolute Gasteiger partial charge is 0.262 e. The lowest BCUT2D eigenvalue weighted by molar-refractivity contribution is -0.119. The Labute approximate surface area is 108 Å². The number of carbonyl (C=O) groups is 2. The predicted octanol–water partition coefficient (Wildman–Crippen LogP) is -0.290. The van der Waals surface area contributed by atoms with E-state index in [1.165, 1.54) is 11.3 Å². The van der Waals surface area contributed by atoms with Gasteiger partial charge in [-0.2, -0.15) is 0 Å². The summed E-state index contributed by atoms with van der Waals surface area (Å²) in [6.45, 7) is 0.228. The number of thiophene rings is 1. The zero-order valence-electron chi connectivity index (χ0n) is 9.53. The molecule has 1 unspecified atom stereocenters. The van der Waals surface area contributed by atoms with Gasteiger partial charge in [-0.15, -0.1) is 11.3 Å². The van der Waals surface area contributed by atoms with Gasteiger partial charge in [-0.3, -0.25) is 9.59 Å². The third-order valence-corrected chi connectivity index (χ3v) is 3.40. The lowest BCUT2D eigenvalue weighted by atomic mass is 10.2. The first kappa shape index (κ1) is 12.6. The van der Waals surface area contributed by atoms with Crippen molar-refractivity contribution in [2.75, 3.05) is 13.2 Å². The molecule has 1 fully saturated rings. The third kappa shape index (κ3) is 2.88. The van der Waals surface area contributed by atoms with Crippen LogP contribution in [0.2, 0.25) is 0 Å². The average molecular weight is 264 g/mol. The first-order valence-corrected chi connectivity index (χ1v) is 6.33. The Balaban J connectivity index is 2.05. The maximum atomic E-state index is 12.0. The Hall–Kier alpha value is -1.84. The molecule has 6 heteroatoms. The Morgan fingerprint density at radius 1 is 1.67 bits per heavy atom. The van der Waals surface area contributed by atoms with E-state index in [-0.39, 0.29) is 24.5 Å². The third-order valence-electron chi connectivity index (χ3n) is 2.49. The summed E-state index contributed by atoms with van der Waals surface area (Å²) in [5, 5.41) is 15.9. The van der Waals surface area contributed by atoms with Gasteiger partial charge in [0, 0.05) is 18.5 Å². The van der Waals surface area contributed by atoms with Crippen LogP contribution in [0.4, 0.5) is 0 Å². The van der Waals surface area contributed by atoms with E-state index in [4.69, 9.17) is 5.11 Å². The molecule has 2 rings (SSSR count). The molecule has 1 aliphatic heterocycles. The standard InChI is InChI=1S/C12H12N2O3S/c15-4-1-2-8-3-5-18-11(8)12(17)14-9-6-10(16)13-7-9/h3,5,9,15H,4,6-7H2,(H,13,16)(H,14,17). The monoisotopic (exact) mass is 264 g/mol. The summed E-state index contributed by atoms with van der Waals surface area (Å²) in [6, 6.07) is 1.58. The Bertz CT molecular complexity index is 527. The fourth-order valence-electron chi connectivity index (χ4n) is 1.68. The van der Waals surface area contributed by atoms with Gasteiger partial charge in [-0.1, -0.05) is 11.8 Å². The number of aliphatic hydroxyl groups is 1. The van der Waals surface area contributed by atoms with Crippen LogP contribution in [0.3, 0.4) is 0 Å². The summed E-state index contributed by atoms with van der Waals surface area (Å²) in [4.78, 5) is 23.5. The zero-order chi connectivity index (χ0) is 13.0. The Kier molecular flexibility index (Phi) is 3.97. The molecule has 0 aromatic carbocycles. The van der Waals surface area contributed by atoms with Crippen LogP contribution in [-0.4, -0.2) is 36.1 Å². The van der Waals surface area contributed by atoms with E-state index >= 15 is 0 Å². The van der Waals surface area contributed by atoms with Crippen LogP contribution >= 0.6 is 11.3 Å². The highest BCUT2D eigenvalue weighted by Crippen LogP contribution is 2.16. The van der Waals surface area contributed by atoms with E-state index in [0.717, 1.165) is 0 Å². The molecule has 1 aromatic heterocycles. The van der Waals surface area contributed by atoms with Crippen molar-refractivity contribution in [3.63, 3.8) is 0 Å². The van der Waals surface area contributed by atoms with Crippen LogP contribution < -0.4 is 10.6 Å². The second-order valence-electron chi connectivity index (χ2n) is 3.80. The average Bonchev–Trinajstić information content (AvgIpc) is 2.95. The maximum absolute atomic E-state index is 12.0. The Morgan fingerprint density at radius 3 is 3.17 bits per heavy atom. The van der Waals surface area contributed by atoms with E-state index in [1.54, 1.807) is 11.4 Å². The minimum Gasteiger partial charge on any atom is -0.384 e. The normalized spacial score (nSPS) is 17.8. The van der Waals surface area contributed by atoms with E-state index in [9.17, 15) is 9.59 Å². The molecule has 3 N–H and O–H groups in total. The number of hydrogen-bond donors (Lipinski definition) is 3. The van der Waals surface area contributed by atoms with Crippen LogP contribution in [0.1, 0.15) is 21.7 Å². The molecule has 1 saturated heterocycles. The van der Waals surface area contributed by atoms with E-state index in [1.807, 2.05) is 0 Å². The zero-order valence-corrected chi connectivity index (χ0v) is 10.3. The second kappa shape index (κ2) is 5.67. The molecule has 1 aliphatic rings. The lowest BCUT2D eigenvalue weighted by Crippen LogP contribution is -2.36. The molecule has 1 atom stereocenters. The van der Waals surface area contributed by atoms with Crippen molar-refractivity contribution in [1.29, 1.82) is 0 Å². The molecule has 0 bridgehead atoms. The summed E-state index contributed by atoms with van der Waals surface area (Å²) >= 11 is 1.29. The van der Waals surface area contributed by atoms with Crippen molar-refractivity contribution in [3.8, 4) is 11.8 Å². The number of rotatable bonds is 2. The summed E-state index contributed by atoms with van der Waals surface area (Å²) in [5.41, 5.74) is 0.601. The summed E-state index contributed by atoms with van der Waals surface area (Å²) in [7, 11) is 0. The van der Waals surface area contributed by atoms with Gasteiger partial charge in [0.05, 0.1) is 6.04 Å². The first-order chi connectivity index (χ1) is 8.70. The van der Waals surface area contributed by atoms with Crippen LogP contribution in [-0.2, 0) is 4.79 Å². The summed E-state index contributed by atoms with van der Waals surface area (Å²) in [5.74, 6) is 4.96. The highest BCUT2D eigenvalue weighted by Gasteiger charge is 2.24. The number of amides is 2. The van der Waals surface area contributed by atoms with Gasteiger partial charge < -0.3 is 15.7 Å².